The summed E-state index contributed by atoms with van der Waals surface area (Å²) in [6.07, 6.45) is 4.96. The Morgan fingerprint density at radius 1 is 0.513 bits per heavy atom. The number of aromatic nitrogens is 4. The quantitative estimate of drug-likeness (QED) is 0.142. The van der Waals surface area contributed by atoms with Gasteiger partial charge in [-0.15, -0.1) is 0 Å². The molecular formula is C70H64N4OPt-2. The van der Waals surface area contributed by atoms with Crippen molar-refractivity contribution in [3.63, 3.8) is 0 Å². The fraction of sp³-hybridized carbons (Fsp3) is 0.229. The van der Waals surface area contributed by atoms with Crippen molar-refractivity contribution in [2.75, 3.05) is 0 Å². The third-order valence-electron chi connectivity index (χ3n) is 15.5. The Labute approximate surface area is 458 Å². The second-order valence-corrected chi connectivity index (χ2v) is 24.8. The van der Waals surface area contributed by atoms with Crippen LogP contribution in [0.4, 0.5) is 0 Å². The van der Waals surface area contributed by atoms with Gasteiger partial charge in [0.15, 0.2) is 0 Å². The topological polar surface area (TPSA) is 36.9 Å². The molecule has 76 heavy (non-hydrogen) atoms. The predicted octanol–water partition coefficient (Wildman–Crippen LogP) is 18.2. The standard InChI is InChI=1S/C70H64N4O.Pt/c1-68(2,3)51-36-37-71-66(42-51)74-62-35-31-49(46-20-12-10-13-21-46)40-60(62)58-34-33-55(44-65(58)74)75-54-32-30-48-24-18-29-61(59(48)43-54)72-45-73(64-28-17-16-27-63(64)72)67-56(47-22-14-11-15-23-47)25-19-26-57(67)50-38-52(69(4,5)6)41-53(39-50)70(7,8)9;/h10-17,19-23,25-28,30-42,61H,18,24,29H2,1-9H3;/q-2;. The molecular weight excluding hydrogens is 1110 g/mol. The first-order chi connectivity index (χ1) is 36.5. The monoisotopic (exact) mass is 1170 g/mol. The van der Waals surface area contributed by atoms with Gasteiger partial charge in [0, 0.05) is 6.20 Å². The maximum atomic E-state index is 6.92. The minimum absolute atomic E-state index is 0.0176. The minimum atomic E-state index is -0.0505. The molecule has 0 bridgehead atoms. The molecule has 1 aliphatic carbocycles. The SMILES string of the molecule is CC(C)(C)c1cc(-c2cccc(-c3ccccc3)c2-n2[c](=[Pt])n(C3CCCc4ccc(Oc5[c-]c6c(cc5)c5cc(-c7ccccc7)ccc5n6-c5cc(C(C)(C)C)ccn5)[c-]c43)c3ccccc32)cc(C(C)(C)C)c1. The number of ether oxygens (including phenoxy) is 1. The Kier molecular flexibility index (Phi) is 12.4. The van der Waals surface area contributed by atoms with Crippen molar-refractivity contribution >= 4 is 32.8 Å². The molecule has 8 aromatic carbocycles. The van der Waals surface area contributed by atoms with Crippen molar-refractivity contribution in [1.29, 1.82) is 0 Å². The molecule has 0 amide bonds. The van der Waals surface area contributed by atoms with Gasteiger partial charge in [0.2, 0.25) is 0 Å². The van der Waals surface area contributed by atoms with Crippen LogP contribution < -0.4 is 4.74 Å². The molecule has 0 saturated carbocycles. The molecule has 1 unspecified atom stereocenters. The van der Waals surface area contributed by atoms with E-state index in [-0.39, 0.29) is 22.3 Å². The van der Waals surface area contributed by atoms with Gasteiger partial charge in [-0.2, -0.15) is 0 Å². The van der Waals surface area contributed by atoms with E-state index in [1.54, 1.807) is 0 Å². The summed E-state index contributed by atoms with van der Waals surface area (Å²) in [5.41, 5.74) is 18.9. The third-order valence-corrected chi connectivity index (χ3v) is 16.5. The van der Waals surface area contributed by atoms with Crippen LogP contribution in [0, 0.1) is 15.9 Å². The Balaban J connectivity index is 0.995. The van der Waals surface area contributed by atoms with Crippen LogP contribution in [-0.4, -0.2) is 18.7 Å². The number of rotatable bonds is 8. The number of nitrogens with zero attached hydrogens (tertiary/aromatic N) is 4. The van der Waals surface area contributed by atoms with E-state index < -0.39 is 0 Å². The van der Waals surface area contributed by atoms with Gasteiger partial charge < -0.3 is 0 Å². The van der Waals surface area contributed by atoms with Crippen LogP contribution in [0.5, 0.6) is 11.5 Å². The number of hydrogen-bond donors (Lipinski definition) is 0. The first-order valence-corrected chi connectivity index (χ1v) is 27.9. The molecule has 6 heteroatoms. The molecule has 382 valence electrons. The van der Waals surface area contributed by atoms with E-state index in [1.165, 1.54) is 72.4 Å². The molecule has 0 radical (unpaired) electrons. The Morgan fingerprint density at radius 3 is 1.84 bits per heavy atom. The molecule has 3 heterocycles. The molecule has 0 fully saturated rings. The number of imidazole rings is 1. The molecule has 0 aliphatic heterocycles. The van der Waals surface area contributed by atoms with Crippen molar-refractivity contribution in [2.45, 2.75) is 104 Å². The summed E-state index contributed by atoms with van der Waals surface area (Å²) in [5.74, 6) is 2.16. The van der Waals surface area contributed by atoms with Crippen molar-refractivity contribution < 1.29 is 24.1 Å². The summed E-state index contributed by atoms with van der Waals surface area (Å²) in [7, 11) is 0. The van der Waals surface area contributed by atoms with Crippen LogP contribution in [0.3, 0.4) is 0 Å². The summed E-state index contributed by atoms with van der Waals surface area (Å²) < 4.78 is 15.4. The van der Waals surface area contributed by atoms with Crippen LogP contribution in [0.1, 0.15) is 109 Å². The summed E-state index contributed by atoms with van der Waals surface area (Å²) in [6.45, 7) is 20.7. The molecule has 11 aromatic rings. The van der Waals surface area contributed by atoms with E-state index in [4.69, 9.17) is 9.72 Å². The van der Waals surface area contributed by atoms with Gasteiger partial charge in [0.1, 0.15) is 0 Å². The molecule has 0 N–H and O–H groups in total. The van der Waals surface area contributed by atoms with Gasteiger partial charge in [-0.05, 0) is 40.3 Å². The molecule has 0 saturated heterocycles. The number of pyridine rings is 1. The first-order valence-electron chi connectivity index (χ1n) is 26.8. The second-order valence-electron chi connectivity index (χ2n) is 23.7. The Hall–Kier alpha value is -7.33. The average Bonchev–Trinajstić information content (AvgIpc) is 4.01. The number of para-hydroxylation sites is 3. The number of hydrogen-bond acceptors (Lipinski definition) is 2. The average molecular weight is 1170 g/mol. The van der Waals surface area contributed by atoms with Gasteiger partial charge in [0.25, 0.3) is 0 Å². The van der Waals surface area contributed by atoms with Crippen LogP contribution in [0.15, 0.2) is 182 Å². The molecule has 0 spiro atoms. The summed E-state index contributed by atoms with van der Waals surface area (Å²) in [6, 6.07) is 71.9. The van der Waals surface area contributed by atoms with E-state index in [1.807, 2.05) is 6.20 Å². The summed E-state index contributed by atoms with van der Waals surface area (Å²) >= 11 is 2.61. The van der Waals surface area contributed by atoms with E-state index in [0.717, 1.165) is 56.2 Å². The number of benzene rings is 8. The van der Waals surface area contributed by atoms with Gasteiger partial charge in [-0.1, -0.05) is 63.2 Å². The van der Waals surface area contributed by atoms with Crippen molar-refractivity contribution in [3.8, 4) is 56.4 Å². The Bertz CT molecular complexity index is 4050. The van der Waals surface area contributed by atoms with E-state index in [9.17, 15) is 0 Å². The molecule has 1 aliphatic rings. The fourth-order valence-electron chi connectivity index (χ4n) is 11.3. The fourth-order valence-corrected chi connectivity index (χ4v) is 12.5. The van der Waals surface area contributed by atoms with Gasteiger partial charge >= 0.3 is 347 Å². The van der Waals surface area contributed by atoms with E-state index >= 15 is 0 Å². The summed E-state index contributed by atoms with van der Waals surface area (Å²) in [5, 5.41) is 2.23. The van der Waals surface area contributed by atoms with Crippen LogP contribution >= 0.6 is 0 Å². The van der Waals surface area contributed by atoms with Gasteiger partial charge in [-0.25, -0.2) is 4.98 Å². The van der Waals surface area contributed by atoms with Crippen LogP contribution in [0.25, 0.3) is 77.7 Å². The summed E-state index contributed by atoms with van der Waals surface area (Å²) in [4.78, 5) is 4.98. The first kappa shape index (κ1) is 49.5. The number of aryl methyl sites for hydroxylation is 1. The molecule has 3 aromatic heterocycles. The zero-order valence-corrected chi connectivity index (χ0v) is 47.3. The third kappa shape index (κ3) is 9.01. The maximum absolute atomic E-state index is 6.92. The zero-order valence-electron chi connectivity index (χ0n) is 45.0. The zero-order chi connectivity index (χ0) is 52.7. The van der Waals surface area contributed by atoms with Gasteiger partial charge in [-0.3, -0.25) is 0 Å². The normalized spacial score (nSPS) is 14.2. The van der Waals surface area contributed by atoms with E-state index in [0.29, 0.717) is 11.5 Å². The Morgan fingerprint density at radius 2 is 1.14 bits per heavy atom. The molecule has 5 nitrogen and oxygen atoms in total. The molecule has 1 atom stereocenters. The van der Waals surface area contributed by atoms with Crippen molar-refractivity contribution in [1.82, 2.24) is 18.7 Å². The van der Waals surface area contributed by atoms with E-state index in [2.05, 4.69) is 283 Å². The predicted molar refractivity (Wildman–Crippen MR) is 311 cm³/mol. The van der Waals surface area contributed by atoms with Crippen molar-refractivity contribution in [2.24, 2.45) is 0 Å². The van der Waals surface area contributed by atoms with Gasteiger partial charge in [0.05, 0.1) is 0 Å². The van der Waals surface area contributed by atoms with Crippen LogP contribution in [0.2, 0.25) is 0 Å². The van der Waals surface area contributed by atoms with Crippen LogP contribution in [-0.2, 0) is 42.0 Å². The van der Waals surface area contributed by atoms with Crippen molar-refractivity contribution in [3.05, 3.63) is 226 Å². The molecule has 12 rings (SSSR count). The number of fused-ring (bicyclic) bond motifs is 5. The second kappa shape index (κ2) is 19.0.